The summed E-state index contributed by atoms with van der Waals surface area (Å²) in [7, 11) is 0. The van der Waals surface area contributed by atoms with Gasteiger partial charge in [0.1, 0.15) is 0 Å². The smallest absolute Gasteiger partial charge is 0.319 e. The van der Waals surface area contributed by atoms with E-state index < -0.39 is 0 Å². The largest absolute Gasteiger partial charge is 0.379 e. The van der Waals surface area contributed by atoms with Gasteiger partial charge in [0.15, 0.2) is 0 Å². The number of likely N-dealkylation sites (tertiary alicyclic amines) is 2. The highest BCUT2D eigenvalue weighted by molar-refractivity contribution is 5.92. The van der Waals surface area contributed by atoms with Crippen LogP contribution in [0.25, 0.3) is 0 Å². The second-order valence-corrected chi connectivity index (χ2v) is 8.32. The zero-order valence-corrected chi connectivity index (χ0v) is 17.1. The highest BCUT2D eigenvalue weighted by atomic mass is 16.5. The number of anilines is 1. The van der Waals surface area contributed by atoms with Gasteiger partial charge in [-0.15, -0.1) is 0 Å². The number of amides is 3. The predicted octanol–water partition coefficient (Wildman–Crippen LogP) is 2.39. The van der Waals surface area contributed by atoms with Crippen molar-refractivity contribution in [3.8, 4) is 0 Å². The van der Waals surface area contributed by atoms with Gasteiger partial charge in [0, 0.05) is 57.4 Å². The van der Waals surface area contributed by atoms with E-state index in [9.17, 15) is 9.59 Å². The summed E-state index contributed by atoms with van der Waals surface area (Å²) in [5.41, 5.74) is 2.06. The number of urea groups is 1. The fourth-order valence-corrected chi connectivity index (χ4v) is 4.45. The summed E-state index contributed by atoms with van der Waals surface area (Å²) in [6, 6.07) is 8.28. The van der Waals surface area contributed by atoms with Crippen molar-refractivity contribution >= 4 is 17.6 Å². The minimum absolute atomic E-state index is 0.0273. The van der Waals surface area contributed by atoms with E-state index in [1.807, 2.05) is 21.9 Å². The molecule has 3 aliphatic rings. The number of benzene rings is 1. The number of carbonyl (C=O) groups is 2. The quantitative estimate of drug-likeness (QED) is 0.843. The average molecular weight is 401 g/mol. The molecule has 3 fully saturated rings. The minimum Gasteiger partial charge on any atom is -0.379 e. The summed E-state index contributed by atoms with van der Waals surface area (Å²) >= 11 is 0. The van der Waals surface area contributed by atoms with Gasteiger partial charge < -0.3 is 19.9 Å². The number of hydrogen-bond donors (Lipinski definition) is 1. The van der Waals surface area contributed by atoms with Gasteiger partial charge in [-0.25, -0.2) is 4.79 Å². The summed E-state index contributed by atoms with van der Waals surface area (Å²) in [5, 5.41) is 3.09. The van der Waals surface area contributed by atoms with Crippen molar-refractivity contribution in [2.24, 2.45) is 5.92 Å². The Hall–Kier alpha value is -2.12. The van der Waals surface area contributed by atoms with Crippen LogP contribution < -0.4 is 5.32 Å². The first-order valence-corrected chi connectivity index (χ1v) is 10.9. The summed E-state index contributed by atoms with van der Waals surface area (Å²) in [6.45, 7) is 7.44. The molecule has 1 aromatic carbocycles. The van der Waals surface area contributed by atoms with Crippen LogP contribution >= 0.6 is 0 Å². The van der Waals surface area contributed by atoms with Crippen molar-refractivity contribution < 1.29 is 14.3 Å². The molecule has 0 aliphatic carbocycles. The van der Waals surface area contributed by atoms with E-state index in [4.69, 9.17) is 4.74 Å². The molecule has 3 heterocycles. The number of ether oxygens (including phenoxy) is 1. The first kappa shape index (κ1) is 20.2. The Morgan fingerprint density at radius 3 is 2.38 bits per heavy atom. The zero-order chi connectivity index (χ0) is 20.1. The molecule has 29 heavy (non-hydrogen) atoms. The molecule has 1 N–H and O–H groups in total. The molecular weight excluding hydrogens is 368 g/mol. The van der Waals surface area contributed by atoms with Gasteiger partial charge in [-0.2, -0.15) is 0 Å². The molecular formula is C22H32N4O3. The lowest BCUT2D eigenvalue weighted by Crippen LogP contribution is -2.47. The Morgan fingerprint density at radius 2 is 1.66 bits per heavy atom. The third-order valence-corrected chi connectivity index (χ3v) is 6.22. The maximum atomic E-state index is 12.7. The van der Waals surface area contributed by atoms with E-state index >= 15 is 0 Å². The fraction of sp³-hybridized carbons (Fsp3) is 0.636. The first-order chi connectivity index (χ1) is 14.2. The van der Waals surface area contributed by atoms with Crippen LogP contribution in [0.15, 0.2) is 24.3 Å². The molecule has 0 spiro atoms. The highest BCUT2D eigenvalue weighted by Crippen LogP contribution is 2.22. The molecule has 3 aliphatic heterocycles. The lowest BCUT2D eigenvalue weighted by Gasteiger charge is -2.34. The van der Waals surface area contributed by atoms with Crippen molar-refractivity contribution in [1.29, 1.82) is 0 Å². The van der Waals surface area contributed by atoms with E-state index in [2.05, 4.69) is 22.3 Å². The predicted molar refractivity (Wildman–Crippen MR) is 112 cm³/mol. The molecule has 0 aromatic heterocycles. The number of hydrogen-bond acceptors (Lipinski definition) is 4. The number of nitrogens with one attached hydrogen (secondary N) is 1. The Balaban J connectivity index is 1.26. The summed E-state index contributed by atoms with van der Waals surface area (Å²) in [6.07, 6.45) is 3.68. The third-order valence-electron chi connectivity index (χ3n) is 6.22. The van der Waals surface area contributed by atoms with Crippen molar-refractivity contribution in [1.82, 2.24) is 14.7 Å². The van der Waals surface area contributed by atoms with Crippen LogP contribution in [-0.4, -0.2) is 79.1 Å². The van der Waals surface area contributed by atoms with Gasteiger partial charge in [-0.05, 0) is 43.4 Å². The maximum absolute atomic E-state index is 12.7. The maximum Gasteiger partial charge on any atom is 0.319 e. The van der Waals surface area contributed by atoms with Crippen molar-refractivity contribution in [3.05, 3.63) is 29.8 Å². The lowest BCUT2D eigenvalue weighted by atomic mass is 9.96. The van der Waals surface area contributed by atoms with E-state index in [1.165, 1.54) is 5.56 Å². The van der Waals surface area contributed by atoms with Crippen molar-refractivity contribution in [2.45, 2.75) is 32.2 Å². The van der Waals surface area contributed by atoms with Crippen LogP contribution in [0.5, 0.6) is 0 Å². The van der Waals surface area contributed by atoms with Crippen LogP contribution in [0.2, 0.25) is 0 Å². The van der Waals surface area contributed by atoms with Crippen molar-refractivity contribution in [3.63, 3.8) is 0 Å². The van der Waals surface area contributed by atoms with Gasteiger partial charge in [0.2, 0.25) is 5.91 Å². The van der Waals surface area contributed by atoms with Crippen LogP contribution in [0.3, 0.4) is 0 Å². The molecule has 7 heteroatoms. The summed E-state index contributed by atoms with van der Waals surface area (Å²) in [5.74, 6) is 0.0438. The Bertz CT molecular complexity index is 706. The van der Waals surface area contributed by atoms with Gasteiger partial charge in [-0.1, -0.05) is 12.1 Å². The number of piperidine rings is 1. The second kappa shape index (κ2) is 9.59. The molecule has 158 valence electrons. The SMILES string of the molecule is O=C(Nc1cccc(CN2CCOCC2)c1)C1CCN(C(=O)N2CCCC2)CC1. The first-order valence-electron chi connectivity index (χ1n) is 10.9. The topological polar surface area (TPSA) is 65.1 Å². The zero-order valence-electron chi connectivity index (χ0n) is 17.1. The van der Waals surface area contributed by atoms with E-state index in [0.717, 1.165) is 77.3 Å². The molecule has 0 unspecified atom stereocenters. The molecule has 0 radical (unpaired) electrons. The Kier molecular flexibility index (Phi) is 6.67. The normalized spacial score (nSPS) is 21.4. The standard InChI is InChI=1S/C22H32N4O3/c27-21(19-6-10-26(11-7-19)22(28)25-8-1-2-9-25)23-20-5-3-4-18(16-20)17-24-12-14-29-15-13-24/h3-5,16,19H,1-2,6-15,17H2,(H,23,27). The minimum atomic E-state index is -0.0273. The fourth-order valence-electron chi connectivity index (χ4n) is 4.45. The second-order valence-electron chi connectivity index (χ2n) is 8.32. The van der Waals surface area contributed by atoms with E-state index in [-0.39, 0.29) is 17.9 Å². The number of carbonyl (C=O) groups excluding carboxylic acids is 2. The molecule has 7 nitrogen and oxygen atoms in total. The van der Waals surface area contributed by atoms with Crippen LogP contribution in [0.4, 0.5) is 10.5 Å². The monoisotopic (exact) mass is 400 g/mol. The van der Waals surface area contributed by atoms with Crippen LogP contribution in [0.1, 0.15) is 31.2 Å². The molecule has 3 saturated heterocycles. The third kappa shape index (κ3) is 5.28. The average Bonchev–Trinajstić information content (AvgIpc) is 3.29. The highest BCUT2D eigenvalue weighted by Gasteiger charge is 2.30. The molecule has 3 amide bonds. The number of nitrogens with zero attached hydrogens (tertiary/aromatic N) is 3. The lowest BCUT2D eigenvalue weighted by molar-refractivity contribution is -0.121. The summed E-state index contributed by atoms with van der Waals surface area (Å²) in [4.78, 5) is 31.5. The molecule has 0 atom stereocenters. The number of morpholine rings is 1. The Morgan fingerprint density at radius 1 is 0.966 bits per heavy atom. The van der Waals surface area contributed by atoms with Crippen LogP contribution in [0, 0.1) is 5.92 Å². The van der Waals surface area contributed by atoms with Crippen LogP contribution in [-0.2, 0) is 16.1 Å². The van der Waals surface area contributed by atoms with E-state index in [0.29, 0.717) is 13.1 Å². The number of rotatable bonds is 4. The summed E-state index contributed by atoms with van der Waals surface area (Å²) < 4.78 is 5.41. The van der Waals surface area contributed by atoms with E-state index in [1.54, 1.807) is 0 Å². The molecule has 0 bridgehead atoms. The van der Waals surface area contributed by atoms with Gasteiger partial charge >= 0.3 is 6.03 Å². The molecule has 0 saturated carbocycles. The Labute approximate surface area is 173 Å². The van der Waals surface area contributed by atoms with Gasteiger partial charge in [-0.3, -0.25) is 9.69 Å². The van der Waals surface area contributed by atoms with Gasteiger partial charge in [0.05, 0.1) is 13.2 Å². The van der Waals surface area contributed by atoms with Gasteiger partial charge in [0.25, 0.3) is 0 Å². The van der Waals surface area contributed by atoms with Crippen molar-refractivity contribution in [2.75, 3.05) is 57.8 Å². The molecule has 4 rings (SSSR count). The molecule has 1 aromatic rings.